The molecule has 3 rings (SSSR count). The van der Waals surface area contributed by atoms with Crippen molar-refractivity contribution in [2.75, 3.05) is 6.61 Å². The highest BCUT2D eigenvalue weighted by Crippen LogP contribution is 2.31. The van der Waals surface area contributed by atoms with E-state index in [4.69, 9.17) is 16.3 Å². The fraction of sp³-hybridized carbons (Fsp3) is 0.211. The molecule has 3 aromatic rings. The minimum Gasteiger partial charge on any atom is -0.450 e. The van der Waals surface area contributed by atoms with E-state index in [2.05, 4.69) is 21.4 Å². The first-order valence-electron chi connectivity index (χ1n) is 8.18. The maximum atomic E-state index is 11.6. The van der Waals surface area contributed by atoms with Gasteiger partial charge in [0.2, 0.25) is 0 Å². The van der Waals surface area contributed by atoms with E-state index in [-0.39, 0.29) is 6.54 Å². The number of rotatable bonds is 5. The molecular weight excluding hydrogens is 352 g/mol. The van der Waals surface area contributed by atoms with Gasteiger partial charge in [-0.2, -0.15) is 5.26 Å². The molecule has 2 N–H and O–H groups in total. The Morgan fingerprint density at radius 2 is 2.23 bits per heavy atom. The van der Waals surface area contributed by atoms with Gasteiger partial charge in [0.05, 0.1) is 17.9 Å². The molecule has 1 amide bonds. The Bertz CT molecular complexity index is 991. The zero-order valence-corrected chi connectivity index (χ0v) is 14.9. The summed E-state index contributed by atoms with van der Waals surface area (Å²) in [4.78, 5) is 19.0. The van der Waals surface area contributed by atoms with Gasteiger partial charge in [-0.25, -0.2) is 4.79 Å². The number of hydrogen-bond donors (Lipinski definition) is 2. The maximum Gasteiger partial charge on any atom is 0.407 e. The number of aromatic nitrogens is 2. The van der Waals surface area contributed by atoms with Crippen LogP contribution in [0, 0.1) is 11.3 Å². The van der Waals surface area contributed by atoms with Gasteiger partial charge in [-0.05, 0) is 36.2 Å². The second kappa shape index (κ2) is 7.89. The van der Waals surface area contributed by atoms with Crippen LogP contribution in [0.25, 0.3) is 22.2 Å². The number of hydrogen-bond acceptors (Lipinski definition) is 4. The molecule has 26 heavy (non-hydrogen) atoms. The third-order valence-electron chi connectivity index (χ3n) is 3.83. The number of benzene rings is 1. The zero-order chi connectivity index (χ0) is 18.5. The molecule has 0 spiro atoms. The van der Waals surface area contributed by atoms with Gasteiger partial charge in [0.25, 0.3) is 0 Å². The van der Waals surface area contributed by atoms with E-state index in [0.717, 1.165) is 28.5 Å². The summed E-state index contributed by atoms with van der Waals surface area (Å²) >= 11 is 6.03. The van der Waals surface area contributed by atoms with Crippen molar-refractivity contribution in [2.45, 2.75) is 19.9 Å². The molecule has 0 radical (unpaired) electrons. The van der Waals surface area contributed by atoms with Crippen LogP contribution in [0.4, 0.5) is 4.79 Å². The van der Waals surface area contributed by atoms with Crippen molar-refractivity contribution in [1.29, 1.82) is 5.26 Å². The summed E-state index contributed by atoms with van der Waals surface area (Å²) in [5.74, 6) is 0. The van der Waals surface area contributed by atoms with Gasteiger partial charge in [0.15, 0.2) is 0 Å². The Morgan fingerprint density at radius 1 is 1.38 bits per heavy atom. The number of nitrogens with one attached hydrogen (secondary N) is 2. The van der Waals surface area contributed by atoms with E-state index < -0.39 is 6.09 Å². The molecule has 0 aliphatic heterocycles. The van der Waals surface area contributed by atoms with Crippen LogP contribution in [-0.4, -0.2) is 22.7 Å². The number of aromatic amines is 1. The predicted molar refractivity (Wildman–Crippen MR) is 99.7 cm³/mol. The van der Waals surface area contributed by atoms with Crippen molar-refractivity contribution in [2.24, 2.45) is 0 Å². The van der Waals surface area contributed by atoms with E-state index in [1.54, 1.807) is 24.5 Å². The molecule has 0 unspecified atom stereocenters. The summed E-state index contributed by atoms with van der Waals surface area (Å²) in [5.41, 5.74) is 3.56. The average Bonchev–Trinajstić information content (AvgIpc) is 3.02. The molecule has 2 aromatic heterocycles. The van der Waals surface area contributed by atoms with Gasteiger partial charge in [0.1, 0.15) is 6.07 Å². The van der Waals surface area contributed by atoms with Gasteiger partial charge in [-0.15, -0.1) is 0 Å². The van der Waals surface area contributed by atoms with Crippen LogP contribution in [0.1, 0.15) is 24.5 Å². The number of pyridine rings is 1. The van der Waals surface area contributed by atoms with E-state index in [1.807, 2.05) is 19.1 Å². The fourth-order valence-corrected chi connectivity index (χ4v) is 2.82. The Hall–Kier alpha value is -3.04. The number of amides is 1. The third kappa shape index (κ3) is 3.79. The first kappa shape index (κ1) is 17.8. The highest BCUT2D eigenvalue weighted by atomic mass is 35.5. The normalized spacial score (nSPS) is 10.5. The second-order valence-corrected chi connectivity index (χ2v) is 6.18. The average molecular weight is 369 g/mol. The number of carbonyl (C=O) groups excluding carboxylic acids is 1. The largest absolute Gasteiger partial charge is 0.450 e. The van der Waals surface area contributed by atoms with Crippen molar-refractivity contribution < 1.29 is 9.53 Å². The number of nitrogens with zero attached hydrogens (tertiary/aromatic N) is 2. The molecule has 0 fully saturated rings. The van der Waals surface area contributed by atoms with Gasteiger partial charge in [-0.1, -0.05) is 18.5 Å². The summed E-state index contributed by atoms with van der Waals surface area (Å²) in [7, 11) is 0. The van der Waals surface area contributed by atoms with Crippen LogP contribution in [0.2, 0.25) is 5.02 Å². The van der Waals surface area contributed by atoms with Gasteiger partial charge < -0.3 is 15.0 Å². The number of nitriles is 1. The first-order valence-corrected chi connectivity index (χ1v) is 8.56. The lowest BCUT2D eigenvalue weighted by atomic mass is 10.1. The minimum absolute atomic E-state index is 0.289. The van der Waals surface area contributed by atoms with Crippen LogP contribution in [0.3, 0.4) is 0 Å². The summed E-state index contributed by atoms with van der Waals surface area (Å²) in [5, 5.41) is 13.6. The first-order chi connectivity index (χ1) is 12.6. The standard InChI is InChI=1S/C19H17ClN4O2/c1-2-5-26-19(25)23-10-12-6-13(11-22-9-12)18-16(8-21)15-4-3-14(20)7-17(15)24-18/h3-4,6-7,9,11,24H,2,5,10H2,1H3,(H,23,25). The maximum absolute atomic E-state index is 11.6. The predicted octanol–water partition coefficient (Wildman–Crippen LogP) is 4.39. The molecule has 0 bridgehead atoms. The second-order valence-electron chi connectivity index (χ2n) is 5.75. The summed E-state index contributed by atoms with van der Waals surface area (Å²) in [6.45, 7) is 2.60. The van der Waals surface area contributed by atoms with E-state index >= 15 is 0 Å². The quantitative estimate of drug-likeness (QED) is 0.698. The van der Waals surface area contributed by atoms with Crippen molar-refractivity contribution in [3.8, 4) is 17.3 Å². The molecule has 0 saturated heterocycles. The highest BCUT2D eigenvalue weighted by Gasteiger charge is 2.14. The number of carbonyl (C=O) groups is 1. The number of H-pyrrole nitrogens is 1. The van der Waals surface area contributed by atoms with Crippen molar-refractivity contribution in [3.05, 3.63) is 52.8 Å². The number of halogens is 1. The molecule has 132 valence electrons. The lowest BCUT2D eigenvalue weighted by Crippen LogP contribution is -2.24. The topological polar surface area (TPSA) is 90.8 Å². The van der Waals surface area contributed by atoms with Crippen LogP contribution in [-0.2, 0) is 11.3 Å². The Balaban J connectivity index is 1.87. The van der Waals surface area contributed by atoms with E-state index in [1.165, 1.54) is 0 Å². The van der Waals surface area contributed by atoms with Crippen LogP contribution >= 0.6 is 11.6 Å². The van der Waals surface area contributed by atoms with E-state index in [0.29, 0.717) is 22.9 Å². The van der Waals surface area contributed by atoms with Gasteiger partial charge >= 0.3 is 6.09 Å². The lowest BCUT2D eigenvalue weighted by molar-refractivity contribution is 0.146. The highest BCUT2D eigenvalue weighted by molar-refractivity contribution is 6.31. The third-order valence-corrected chi connectivity index (χ3v) is 4.07. The lowest BCUT2D eigenvalue weighted by Gasteiger charge is -2.07. The molecule has 2 heterocycles. The van der Waals surface area contributed by atoms with Crippen molar-refractivity contribution in [1.82, 2.24) is 15.3 Å². The molecule has 0 aliphatic rings. The summed E-state index contributed by atoms with van der Waals surface area (Å²) in [6, 6.07) is 9.47. The zero-order valence-electron chi connectivity index (χ0n) is 14.2. The summed E-state index contributed by atoms with van der Waals surface area (Å²) < 4.78 is 4.98. The molecular formula is C19H17ClN4O2. The smallest absolute Gasteiger partial charge is 0.407 e. The Labute approximate surface area is 155 Å². The molecule has 7 heteroatoms. The molecule has 6 nitrogen and oxygen atoms in total. The SMILES string of the molecule is CCCOC(=O)NCc1cncc(-c2[nH]c3cc(Cl)ccc3c2C#N)c1. The minimum atomic E-state index is -0.463. The number of fused-ring (bicyclic) bond motifs is 1. The number of ether oxygens (including phenoxy) is 1. The van der Waals surface area contributed by atoms with Gasteiger partial charge in [-0.3, -0.25) is 4.98 Å². The van der Waals surface area contributed by atoms with Crippen LogP contribution in [0.5, 0.6) is 0 Å². The van der Waals surface area contributed by atoms with Crippen LogP contribution in [0.15, 0.2) is 36.7 Å². The van der Waals surface area contributed by atoms with E-state index in [9.17, 15) is 10.1 Å². The molecule has 0 atom stereocenters. The molecule has 1 aromatic carbocycles. The monoisotopic (exact) mass is 368 g/mol. The van der Waals surface area contributed by atoms with Crippen molar-refractivity contribution in [3.63, 3.8) is 0 Å². The Morgan fingerprint density at radius 3 is 3.00 bits per heavy atom. The molecule has 0 aliphatic carbocycles. The molecule has 0 saturated carbocycles. The Kier molecular flexibility index (Phi) is 5.40. The van der Waals surface area contributed by atoms with Crippen molar-refractivity contribution >= 4 is 28.6 Å². The van der Waals surface area contributed by atoms with Crippen LogP contribution < -0.4 is 5.32 Å². The van der Waals surface area contributed by atoms with Gasteiger partial charge in [0, 0.05) is 40.4 Å². The number of alkyl carbamates (subject to hydrolysis) is 1. The fourth-order valence-electron chi connectivity index (χ4n) is 2.64. The summed E-state index contributed by atoms with van der Waals surface area (Å²) in [6.07, 6.45) is 3.64.